The Hall–Kier alpha value is -2.15. The van der Waals surface area contributed by atoms with E-state index in [0.29, 0.717) is 12.5 Å². The number of rotatable bonds is 6. The van der Waals surface area contributed by atoms with Crippen molar-refractivity contribution >= 4 is 47.7 Å². The first kappa shape index (κ1) is 21.9. The monoisotopic (exact) mass is 395 g/mol. The van der Waals surface area contributed by atoms with Crippen molar-refractivity contribution in [2.24, 2.45) is 5.73 Å². The number of nitrogens with zero attached hydrogens (tertiary/aromatic N) is 3. The number of aromatic nitrogens is 3. The molecule has 1 unspecified atom stereocenters. The Morgan fingerprint density at radius 2 is 1.92 bits per heavy atom. The van der Waals surface area contributed by atoms with Crippen LogP contribution in [0, 0.1) is 0 Å². The zero-order chi connectivity index (χ0) is 16.9. The number of anilines is 1. The van der Waals surface area contributed by atoms with E-state index in [-0.39, 0.29) is 43.2 Å². The van der Waals surface area contributed by atoms with Crippen LogP contribution in [-0.2, 0) is 17.8 Å². The van der Waals surface area contributed by atoms with Gasteiger partial charge in [-0.05, 0) is 31.2 Å². The number of hydrogen-bond acceptors (Lipinski definition) is 4. The Labute approximate surface area is 165 Å². The van der Waals surface area contributed by atoms with E-state index in [1.54, 1.807) is 6.20 Å². The largest absolute Gasteiger partial charge is 0.327 e. The summed E-state index contributed by atoms with van der Waals surface area (Å²) in [5, 5.41) is 2.88. The van der Waals surface area contributed by atoms with Crippen LogP contribution in [0.1, 0.15) is 19.0 Å². The van der Waals surface area contributed by atoms with Gasteiger partial charge in [-0.2, -0.15) is 0 Å². The lowest BCUT2D eigenvalue weighted by molar-refractivity contribution is -0.116. The minimum Gasteiger partial charge on any atom is -0.327 e. The summed E-state index contributed by atoms with van der Waals surface area (Å²) in [6.07, 6.45) is 2.81. The van der Waals surface area contributed by atoms with Crippen LogP contribution in [-0.4, -0.2) is 26.5 Å². The van der Waals surface area contributed by atoms with Crippen molar-refractivity contribution in [1.82, 2.24) is 14.5 Å². The van der Waals surface area contributed by atoms with Gasteiger partial charge in [-0.15, -0.1) is 24.8 Å². The van der Waals surface area contributed by atoms with Crippen LogP contribution in [0.15, 0.2) is 48.7 Å². The molecular weight excluding hydrogens is 373 g/mol. The van der Waals surface area contributed by atoms with Crippen molar-refractivity contribution in [1.29, 1.82) is 0 Å². The standard InChI is InChI=1S/C18H21N5O.2ClH/c1-13(19)12-17(24)22-18-21-15-7-2-3-8-16(15)23(18)11-9-14-6-4-5-10-20-14;;/h2-8,10,13H,9,11-12,19H2,1H3,(H,21,22,24);2*1H. The van der Waals surface area contributed by atoms with Crippen molar-refractivity contribution in [3.63, 3.8) is 0 Å². The van der Waals surface area contributed by atoms with Crippen molar-refractivity contribution < 1.29 is 4.79 Å². The minimum atomic E-state index is -0.184. The number of carbonyl (C=O) groups excluding carboxylic acids is 1. The molecule has 0 aliphatic heterocycles. The van der Waals surface area contributed by atoms with Crippen LogP contribution >= 0.6 is 24.8 Å². The molecule has 0 fully saturated rings. The molecule has 140 valence electrons. The molecule has 3 rings (SSSR count). The highest BCUT2D eigenvalue weighted by Gasteiger charge is 2.14. The van der Waals surface area contributed by atoms with Gasteiger partial charge in [0.05, 0.1) is 11.0 Å². The van der Waals surface area contributed by atoms with Crippen molar-refractivity contribution in [3.05, 3.63) is 54.4 Å². The van der Waals surface area contributed by atoms with Crippen molar-refractivity contribution in [2.45, 2.75) is 32.4 Å². The van der Waals surface area contributed by atoms with E-state index >= 15 is 0 Å². The summed E-state index contributed by atoms with van der Waals surface area (Å²) in [4.78, 5) is 21.0. The second-order valence-electron chi connectivity index (χ2n) is 5.88. The average Bonchev–Trinajstić information content (AvgIpc) is 2.90. The number of nitrogens with two attached hydrogens (primary N) is 1. The number of fused-ring (bicyclic) bond motifs is 1. The molecule has 1 amide bonds. The minimum absolute atomic E-state index is 0. The highest BCUT2D eigenvalue weighted by atomic mass is 35.5. The fourth-order valence-electron chi connectivity index (χ4n) is 2.64. The normalized spacial score (nSPS) is 11.3. The molecule has 6 nitrogen and oxygen atoms in total. The molecule has 0 radical (unpaired) electrons. The van der Waals surface area contributed by atoms with Gasteiger partial charge in [0.25, 0.3) is 0 Å². The molecule has 0 aliphatic rings. The highest BCUT2D eigenvalue weighted by molar-refractivity contribution is 5.91. The fraction of sp³-hybridized carbons (Fsp3) is 0.278. The molecule has 0 bridgehead atoms. The molecule has 1 aromatic carbocycles. The predicted molar refractivity (Wildman–Crippen MR) is 109 cm³/mol. The van der Waals surface area contributed by atoms with Crippen LogP contribution in [0.25, 0.3) is 11.0 Å². The van der Waals surface area contributed by atoms with Crippen molar-refractivity contribution in [2.75, 3.05) is 5.32 Å². The van der Waals surface area contributed by atoms with E-state index in [0.717, 1.165) is 23.1 Å². The zero-order valence-electron chi connectivity index (χ0n) is 14.5. The molecule has 2 aromatic heterocycles. The first-order chi connectivity index (χ1) is 11.6. The number of hydrogen-bond donors (Lipinski definition) is 2. The van der Waals surface area contributed by atoms with Gasteiger partial charge in [0, 0.05) is 37.3 Å². The number of halogens is 2. The first-order valence-corrected chi connectivity index (χ1v) is 8.04. The first-order valence-electron chi connectivity index (χ1n) is 8.04. The Morgan fingerprint density at radius 1 is 1.19 bits per heavy atom. The Bertz CT molecular complexity index is 836. The van der Waals surface area contributed by atoms with Gasteiger partial charge in [-0.1, -0.05) is 18.2 Å². The molecule has 0 aliphatic carbocycles. The van der Waals surface area contributed by atoms with Crippen LogP contribution in [0.5, 0.6) is 0 Å². The van der Waals surface area contributed by atoms with Gasteiger partial charge >= 0.3 is 0 Å². The lowest BCUT2D eigenvalue weighted by atomic mass is 10.2. The third-order valence-corrected chi connectivity index (χ3v) is 3.73. The molecule has 0 saturated carbocycles. The van der Waals surface area contributed by atoms with E-state index in [1.165, 1.54) is 0 Å². The lowest BCUT2D eigenvalue weighted by Gasteiger charge is -2.11. The van der Waals surface area contributed by atoms with Gasteiger partial charge in [0.1, 0.15) is 0 Å². The molecule has 8 heteroatoms. The number of carbonyl (C=O) groups is 1. The van der Waals surface area contributed by atoms with Gasteiger partial charge in [-0.25, -0.2) is 4.98 Å². The molecule has 3 aromatic rings. The van der Waals surface area contributed by atoms with E-state index in [2.05, 4.69) is 15.3 Å². The summed E-state index contributed by atoms with van der Waals surface area (Å²) in [7, 11) is 0. The maximum Gasteiger partial charge on any atom is 0.228 e. The number of nitrogens with one attached hydrogen (secondary N) is 1. The van der Waals surface area contributed by atoms with E-state index in [1.807, 2.05) is 54.0 Å². The lowest BCUT2D eigenvalue weighted by Crippen LogP contribution is -2.25. The average molecular weight is 396 g/mol. The fourth-order valence-corrected chi connectivity index (χ4v) is 2.64. The number of imidazole rings is 1. The molecule has 0 saturated heterocycles. The summed E-state index contributed by atoms with van der Waals surface area (Å²) < 4.78 is 2.02. The number of amides is 1. The predicted octanol–water partition coefficient (Wildman–Crippen LogP) is 3.19. The second kappa shape index (κ2) is 10.1. The quantitative estimate of drug-likeness (QED) is 0.670. The summed E-state index contributed by atoms with van der Waals surface area (Å²) >= 11 is 0. The zero-order valence-corrected chi connectivity index (χ0v) is 16.1. The molecular formula is C18H23Cl2N5O. The van der Waals surface area contributed by atoms with Crippen molar-refractivity contribution in [3.8, 4) is 0 Å². The Balaban J connectivity index is 0.00000169. The van der Waals surface area contributed by atoms with Gasteiger partial charge in [-0.3, -0.25) is 15.1 Å². The maximum absolute atomic E-state index is 12.1. The molecule has 3 N–H and O–H groups in total. The number of benzene rings is 1. The number of aryl methyl sites for hydroxylation is 2. The third-order valence-electron chi connectivity index (χ3n) is 3.73. The van der Waals surface area contributed by atoms with E-state index in [4.69, 9.17) is 5.73 Å². The van der Waals surface area contributed by atoms with Gasteiger partial charge in [0.15, 0.2) is 0 Å². The molecule has 2 heterocycles. The second-order valence-corrected chi connectivity index (χ2v) is 5.88. The van der Waals surface area contributed by atoms with Crippen LogP contribution in [0.3, 0.4) is 0 Å². The molecule has 26 heavy (non-hydrogen) atoms. The smallest absolute Gasteiger partial charge is 0.228 e. The Morgan fingerprint density at radius 3 is 2.62 bits per heavy atom. The van der Waals surface area contributed by atoms with E-state index < -0.39 is 0 Å². The molecule has 0 spiro atoms. The summed E-state index contributed by atoms with van der Waals surface area (Å²) in [5.74, 6) is 0.428. The summed E-state index contributed by atoms with van der Waals surface area (Å²) in [6, 6.07) is 13.5. The van der Waals surface area contributed by atoms with Crippen LogP contribution in [0.4, 0.5) is 5.95 Å². The summed E-state index contributed by atoms with van der Waals surface area (Å²) in [5.41, 5.74) is 8.55. The summed E-state index contributed by atoms with van der Waals surface area (Å²) in [6.45, 7) is 2.49. The Kier molecular flexibility index (Phi) is 8.51. The SMILES string of the molecule is CC(N)CC(=O)Nc1nc2ccccc2n1CCc1ccccn1.Cl.Cl. The van der Waals surface area contributed by atoms with Gasteiger partial charge in [0.2, 0.25) is 11.9 Å². The van der Waals surface area contributed by atoms with E-state index in [9.17, 15) is 4.79 Å². The topological polar surface area (TPSA) is 85.8 Å². The van der Waals surface area contributed by atoms with Crippen LogP contribution in [0.2, 0.25) is 0 Å². The highest BCUT2D eigenvalue weighted by Crippen LogP contribution is 2.20. The third kappa shape index (κ3) is 5.42. The maximum atomic E-state index is 12.1. The molecule has 1 atom stereocenters. The number of para-hydroxylation sites is 2. The van der Waals surface area contributed by atoms with Gasteiger partial charge < -0.3 is 10.3 Å². The number of pyridine rings is 1. The van der Waals surface area contributed by atoms with Crippen LogP contribution < -0.4 is 11.1 Å².